The summed E-state index contributed by atoms with van der Waals surface area (Å²) >= 11 is 4.04. The summed E-state index contributed by atoms with van der Waals surface area (Å²) in [5.74, 6) is -4.79. The molecule has 0 saturated heterocycles. The van der Waals surface area contributed by atoms with E-state index in [1.54, 1.807) is 0 Å². The molecular formula is C20H38N6O7S. The van der Waals surface area contributed by atoms with E-state index >= 15 is 0 Å². The van der Waals surface area contributed by atoms with Gasteiger partial charge >= 0.3 is 11.9 Å². The summed E-state index contributed by atoms with van der Waals surface area (Å²) < 4.78 is 0. The number of hydrogen-bond donors (Lipinski definition) is 9. The summed E-state index contributed by atoms with van der Waals surface area (Å²) in [6.45, 7) is 0.830. The van der Waals surface area contributed by atoms with Crippen molar-refractivity contribution in [3.05, 3.63) is 0 Å². The van der Waals surface area contributed by atoms with Crippen molar-refractivity contribution < 1.29 is 34.2 Å². The number of aliphatic carboxylic acids is 2. The Morgan fingerprint density at radius 3 is 1.71 bits per heavy atom. The molecule has 0 aromatic heterocycles. The summed E-state index contributed by atoms with van der Waals surface area (Å²) in [5.41, 5.74) is 16.6. The first kappa shape index (κ1) is 31.6. The molecule has 0 aromatic carbocycles. The summed E-state index contributed by atoms with van der Waals surface area (Å²) in [5, 5.41) is 25.5. The van der Waals surface area contributed by atoms with Gasteiger partial charge in [0.15, 0.2) is 0 Å². The standard InChI is InChI=1S/C20H38N6O7S/c21-9-3-1-5-12(23)17(29)24-13(7-8-16(27)28)18(30)26-15(11-34)19(31)25-14(20(32)33)6-2-4-10-22/h12-15,34H,1-11,21-23H2,(H,24,29)(H,25,31)(H,26,30)(H,27,28)(H,32,33). The third-order valence-electron chi connectivity index (χ3n) is 4.96. The second-order valence-corrected chi connectivity index (χ2v) is 8.18. The Morgan fingerprint density at radius 2 is 1.21 bits per heavy atom. The minimum atomic E-state index is -1.26. The topological polar surface area (TPSA) is 240 Å². The number of carbonyl (C=O) groups is 5. The number of amides is 3. The van der Waals surface area contributed by atoms with E-state index in [1.807, 2.05) is 0 Å². The maximum absolute atomic E-state index is 12.8. The lowest BCUT2D eigenvalue weighted by Gasteiger charge is -2.24. The fourth-order valence-corrected chi connectivity index (χ4v) is 3.20. The predicted octanol–water partition coefficient (Wildman–Crippen LogP) is -2.09. The molecule has 0 rings (SSSR count). The van der Waals surface area contributed by atoms with Gasteiger partial charge in [-0.25, -0.2) is 4.79 Å². The molecule has 0 radical (unpaired) electrons. The van der Waals surface area contributed by atoms with Crippen molar-refractivity contribution in [2.24, 2.45) is 17.2 Å². The number of nitrogens with two attached hydrogens (primary N) is 3. The Hall–Kier alpha value is -2.42. The van der Waals surface area contributed by atoms with Crippen LogP contribution in [0.25, 0.3) is 0 Å². The van der Waals surface area contributed by atoms with Gasteiger partial charge in [0.25, 0.3) is 0 Å². The molecule has 4 atom stereocenters. The lowest BCUT2D eigenvalue weighted by Crippen LogP contribution is -2.57. The third-order valence-corrected chi connectivity index (χ3v) is 5.33. The Bertz CT molecular complexity index is 682. The van der Waals surface area contributed by atoms with Crippen molar-refractivity contribution in [3.63, 3.8) is 0 Å². The average Bonchev–Trinajstić information content (AvgIpc) is 2.78. The highest BCUT2D eigenvalue weighted by Crippen LogP contribution is 2.05. The van der Waals surface area contributed by atoms with Crippen LogP contribution in [-0.2, 0) is 24.0 Å². The smallest absolute Gasteiger partial charge is 0.326 e. The first-order chi connectivity index (χ1) is 16.1. The molecule has 0 fully saturated rings. The van der Waals surface area contributed by atoms with E-state index in [1.165, 1.54) is 0 Å². The second kappa shape index (κ2) is 18.0. The Balaban J connectivity index is 5.19. The van der Waals surface area contributed by atoms with Crippen LogP contribution in [0.15, 0.2) is 0 Å². The minimum absolute atomic E-state index is 0.158. The third kappa shape index (κ3) is 13.3. The number of unbranched alkanes of at least 4 members (excludes halogenated alkanes) is 2. The highest BCUT2D eigenvalue weighted by Gasteiger charge is 2.29. The van der Waals surface area contributed by atoms with Crippen LogP contribution in [-0.4, -0.2) is 82.9 Å². The lowest BCUT2D eigenvalue weighted by molar-refractivity contribution is -0.142. The number of thiol groups is 1. The van der Waals surface area contributed by atoms with Crippen LogP contribution in [0.3, 0.4) is 0 Å². The highest BCUT2D eigenvalue weighted by atomic mass is 32.1. The zero-order valence-electron chi connectivity index (χ0n) is 19.2. The first-order valence-corrected chi connectivity index (χ1v) is 11.8. The molecule has 11 N–H and O–H groups in total. The molecule has 0 aliphatic carbocycles. The van der Waals surface area contributed by atoms with Crippen molar-refractivity contribution in [2.45, 2.75) is 75.5 Å². The first-order valence-electron chi connectivity index (χ1n) is 11.2. The number of hydrogen-bond acceptors (Lipinski definition) is 9. The summed E-state index contributed by atoms with van der Waals surface area (Å²) in [6.07, 6.45) is 2.19. The molecule has 0 aromatic rings. The van der Waals surface area contributed by atoms with E-state index in [0.717, 1.165) is 0 Å². The molecule has 13 nitrogen and oxygen atoms in total. The Morgan fingerprint density at radius 1 is 0.706 bits per heavy atom. The average molecular weight is 507 g/mol. The maximum Gasteiger partial charge on any atom is 0.326 e. The fourth-order valence-electron chi connectivity index (χ4n) is 2.94. The molecule has 0 bridgehead atoms. The van der Waals surface area contributed by atoms with Gasteiger partial charge in [-0.05, 0) is 51.6 Å². The monoisotopic (exact) mass is 506 g/mol. The fraction of sp³-hybridized carbons (Fsp3) is 0.750. The van der Waals surface area contributed by atoms with Crippen LogP contribution >= 0.6 is 12.6 Å². The largest absolute Gasteiger partial charge is 0.481 e. The maximum atomic E-state index is 12.8. The molecule has 196 valence electrons. The zero-order valence-corrected chi connectivity index (χ0v) is 20.1. The van der Waals surface area contributed by atoms with Crippen LogP contribution in [0.2, 0.25) is 0 Å². The number of carboxylic acid groups (broad SMARTS) is 2. The molecule has 0 aliphatic rings. The molecule has 0 saturated carbocycles. The van der Waals surface area contributed by atoms with Gasteiger partial charge in [-0.1, -0.05) is 6.42 Å². The van der Waals surface area contributed by atoms with E-state index < -0.39 is 60.2 Å². The van der Waals surface area contributed by atoms with E-state index in [4.69, 9.17) is 22.3 Å². The van der Waals surface area contributed by atoms with Gasteiger partial charge in [0, 0.05) is 12.2 Å². The Labute approximate surface area is 204 Å². The minimum Gasteiger partial charge on any atom is -0.481 e. The predicted molar refractivity (Wildman–Crippen MR) is 128 cm³/mol. The Kier molecular flexibility index (Phi) is 16.7. The molecule has 0 heterocycles. The van der Waals surface area contributed by atoms with E-state index in [9.17, 15) is 29.1 Å². The van der Waals surface area contributed by atoms with Gasteiger partial charge in [0.05, 0.1) is 6.04 Å². The molecule has 3 amide bonds. The van der Waals surface area contributed by atoms with Gasteiger partial charge in [0.1, 0.15) is 18.1 Å². The molecule has 34 heavy (non-hydrogen) atoms. The second-order valence-electron chi connectivity index (χ2n) is 7.81. The van der Waals surface area contributed by atoms with Gasteiger partial charge in [-0.2, -0.15) is 12.6 Å². The molecule has 4 unspecified atom stereocenters. The van der Waals surface area contributed by atoms with Crippen LogP contribution in [0.4, 0.5) is 0 Å². The quantitative estimate of drug-likeness (QED) is 0.0683. The summed E-state index contributed by atoms with van der Waals surface area (Å²) in [6, 6.07) is -4.57. The van der Waals surface area contributed by atoms with Gasteiger partial charge in [-0.15, -0.1) is 0 Å². The zero-order chi connectivity index (χ0) is 26.1. The lowest BCUT2D eigenvalue weighted by atomic mass is 10.1. The van der Waals surface area contributed by atoms with E-state index in [-0.39, 0.29) is 18.6 Å². The number of carboxylic acids is 2. The van der Waals surface area contributed by atoms with Gasteiger partial charge in [-0.3, -0.25) is 19.2 Å². The van der Waals surface area contributed by atoms with E-state index in [0.29, 0.717) is 45.2 Å². The van der Waals surface area contributed by atoms with Crippen molar-refractivity contribution >= 4 is 42.3 Å². The van der Waals surface area contributed by atoms with Crippen molar-refractivity contribution in [1.29, 1.82) is 0 Å². The molecule has 0 spiro atoms. The van der Waals surface area contributed by atoms with Crippen LogP contribution in [0.5, 0.6) is 0 Å². The van der Waals surface area contributed by atoms with Crippen molar-refractivity contribution in [1.82, 2.24) is 16.0 Å². The highest BCUT2D eigenvalue weighted by molar-refractivity contribution is 7.80. The van der Waals surface area contributed by atoms with Crippen LogP contribution in [0.1, 0.15) is 51.4 Å². The normalized spacial score (nSPS) is 14.4. The molecule has 0 aliphatic heterocycles. The van der Waals surface area contributed by atoms with Crippen LogP contribution in [0, 0.1) is 0 Å². The number of carbonyl (C=O) groups excluding carboxylic acids is 3. The number of nitrogens with one attached hydrogen (secondary N) is 3. The van der Waals surface area contributed by atoms with Gasteiger partial charge in [0.2, 0.25) is 17.7 Å². The molecular weight excluding hydrogens is 468 g/mol. The van der Waals surface area contributed by atoms with Crippen molar-refractivity contribution in [3.8, 4) is 0 Å². The molecule has 14 heteroatoms. The van der Waals surface area contributed by atoms with Crippen LogP contribution < -0.4 is 33.2 Å². The number of rotatable bonds is 19. The van der Waals surface area contributed by atoms with E-state index in [2.05, 4.69) is 28.6 Å². The van der Waals surface area contributed by atoms with Gasteiger partial charge < -0.3 is 43.4 Å². The summed E-state index contributed by atoms with van der Waals surface area (Å²) in [7, 11) is 0. The van der Waals surface area contributed by atoms with Crippen molar-refractivity contribution in [2.75, 3.05) is 18.8 Å². The SMILES string of the molecule is NCCCCC(N)C(=O)NC(CCC(=O)O)C(=O)NC(CS)C(=O)NC(CCCCN)C(=O)O. The summed E-state index contributed by atoms with van der Waals surface area (Å²) in [4.78, 5) is 60.1.